The average molecular weight is 422 g/mol. The Hall–Kier alpha value is -2.55. The molecular weight excluding hydrogens is 394 g/mol. The number of nitrogens with zero attached hydrogens (tertiary/aromatic N) is 2. The Labute approximate surface area is 171 Å². The summed E-state index contributed by atoms with van der Waals surface area (Å²) in [4.78, 5) is 14.8. The van der Waals surface area contributed by atoms with Crippen LogP contribution in [0.15, 0.2) is 27.6 Å². The lowest BCUT2D eigenvalue weighted by molar-refractivity contribution is -0.127. The van der Waals surface area contributed by atoms with Gasteiger partial charge in [0.05, 0.1) is 16.8 Å². The Morgan fingerprint density at radius 3 is 2.55 bits per heavy atom. The molecule has 1 aromatic carbocycles. The number of hydrogen-bond acceptors (Lipinski definition) is 6. The molecule has 1 N–H and O–H groups in total. The third-order valence-corrected chi connectivity index (χ3v) is 6.32. The summed E-state index contributed by atoms with van der Waals surface area (Å²) in [6.45, 7) is 11.6. The van der Waals surface area contributed by atoms with Crippen LogP contribution in [-0.4, -0.2) is 32.6 Å². The number of amides is 1. The standard InChI is InChI=1S/C20H27N3O5S/c1-12(2)10-23-16-9-15(7-8-17(16)27-11-20(5,6)19(23)24)22-29(25,26)18-13(3)21-28-14(18)4/h7-9,12,22H,10-11H2,1-6H3. The SMILES string of the molecule is Cc1noc(C)c1S(=O)(=O)Nc1ccc2c(c1)N(CC(C)C)C(=O)C(C)(C)CO2. The summed E-state index contributed by atoms with van der Waals surface area (Å²) in [7, 11) is -3.89. The molecular formula is C20H27N3O5S. The lowest BCUT2D eigenvalue weighted by Gasteiger charge is -2.29. The molecule has 0 radical (unpaired) electrons. The molecule has 0 bridgehead atoms. The molecule has 1 aliphatic rings. The molecule has 0 spiro atoms. The fourth-order valence-electron chi connectivity index (χ4n) is 3.32. The van der Waals surface area contributed by atoms with Crippen molar-refractivity contribution in [3.05, 3.63) is 29.7 Å². The normalized spacial score (nSPS) is 16.4. The zero-order chi connectivity index (χ0) is 21.6. The quantitative estimate of drug-likeness (QED) is 0.793. The number of nitrogens with one attached hydrogen (secondary N) is 1. The van der Waals surface area contributed by atoms with Gasteiger partial charge in [-0.25, -0.2) is 8.42 Å². The zero-order valence-electron chi connectivity index (χ0n) is 17.6. The van der Waals surface area contributed by atoms with Crippen LogP contribution in [-0.2, 0) is 14.8 Å². The Balaban J connectivity index is 2.03. The monoisotopic (exact) mass is 421 g/mol. The van der Waals surface area contributed by atoms with E-state index in [-0.39, 0.29) is 34.8 Å². The fourth-order valence-corrected chi connectivity index (χ4v) is 4.70. The molecule has 0 saturated carbocycles. The lowest BCUT2D eigenvalue weighted by atomic mass is 9.92. The number of aromatic nitrogens is 1. The highest BCUT2D eigenvalue weighted by molar-refractivity contribution is 7.92. The van der Waals surface area contributed by atoms with Crippen molar-refractivity contribution in [1.82, 2.24) is 5.16 Å². The van der Waals surface area contributed by atoms with Crippen LogP contribution in [0.5, 0.6) is 5.75 Å². The van der Waals surface area contributed by atoms with Crippen LogP contribution in [0.2, 0.25) is 0 Å². The second kappa shape index (κ2) is 7.37. The van der Waals surface area contributed by atoms with E-state index < -0.39 is 15.4 Å². The average Bonchev–Trinajstić information content (AvgIpc) is 2.92. The van der Waals surface area contributed by atoms with E-state index in [2.05, 4.69) is 9.88 Å². The molecule has 1 aromatic heterocycles. The van der Waals surface area contributed by atoms with Gasteiger partial charge in [-0.05, 0) is 51.8 Å². The number of carbonyl (C=O) groups is 1. The summed E-state index contributed by atoms with van der Waals surface area (Å²) in [5.41, 5.74) is 0.470. The van der Waals surface area contributed by atoms with E-state index in [0.717, 1.165) is 0 Å². The van der Waals surface area contributed by atoms with E-state index in [1.54, 1.807) is 36.9 Å². The van der Waals surface area contributed by atoms with Crippen LogP contribution in [0.1, 0.15) is 39.1 Å². The number of rotatable bonds is 5. The van der Waals surface area contributed by atoms with E-state index in [1.807, 2.05) is 27.7 Å². The van der Waals surface area contributed by atoms with E-state index >= 15 is 0 Å². The minimum atomic E-state index is -3.89. The first kappa shape index (κ1) is 21.2. The van der Waals surface area contributed by atoms with Gasteiger partial charge in [0.2, 0.25) is 5.91 Å². The molecule has 0 unspecified atom stereocenters. The number of aryl methyl sites for hydroxylation is 2. The van der Waals surface area contributed by atoms with Crippen LogP contribution < -0.4 is 14.4 Å². The van der Waals surface area contributed by atoms with Crippen LogP contribution in [0.3, 0.4) is 0 Å². The minimum absolute atomic E-state index is 0.0138. The summed E-state index contributed by atoms with van der Waals surface area (Å²) < 4.78 is 39.1. The highest BCUT2D eigenvalue weighted by Gasteiger charge is 2.38. The topological polar surface area (TPSA) is 102 Å². The predicted molar refractivity (Wildman–Crippen MR) is 110 cm³/mol. The van der Waals surface area contributed by atoms with Crippen molar-refractivity contribution >= 4 is 27.3 Å². The molecule has 158 valence electrons. The van der Waals surface area contributed by atoms with E-state index in [1.165, 1.54) is 0 Å². The summed E-state index contributed by atoms with van der Waals surface area (Å²) in [6.07, 6.45) is 0. The van der Waals surface area contributed by atoms with Gasteiger partial charge in [0.1, 0.15) is 18.1 Å². The number of carbonyl (C=O) groups excluding carboxylic acids is 1. The molecule has 2 aromatic rings. The number of ether oxygens (including phenoxy) is 1. The minimum Gasteiger partial charge on any atom is -0.490 e. The van der Waals surface area contributed by atoms with Gasteiger partial charge in [0.25, 0.3) is 10.0 Å². The molecule has 0 atom stereocenters. The van der Waals surface area contributed by atoms with Gasteiger partial charge in [-0.15, -0.1) is 0 Å². The Kier molecular flexibility index (Phi) is 5.38. The molecule has 8 nitrogen and oxygen atoms in total. The van der Waals surface area contributed by atoms with Crippen molar-refractivity contribution in [3.63, 3.8) is 0 Å². The van der Waals surface area contributed by atoms with E-state index in [9.17, 15) is 13.2 Å². The van der Waals surface area contributed by atoms with Crippen molar-refractivity contribution < 1.29 is 22.5 Å². The third kappa shape index (κ3) is 4.10. The number of benzene rings is 1. The molecule has 0 fully saturated rings. The number of hydrogen-bond donors (Lipinski definition) is 1. The number of fused-ring (bicyclic) bond motifs is 1. The van der Waals surface area contributed by atoms with Crippen LogP contribution in [0.25, 0.3) is 0 Å². The molecule has 3 rings (SSSR count). The van der Waals surface area contributed by atoms with Crippen LogP contribution >= 0.6 is 0 Å². The van der Waals surface area contributed by atoms with Gasteiger partial charge in [-0.1, -0.05) is 19.0 Å². The fraction of sp³-hybridized carbons (Fsp3) is 0.500. The highest BCUT2D eigenvalue weighted by atomic mass is 32.2. The Morgan fingerprint density at radius 1 is 1.28 bits per heavy atom. The molecule has 9 heteroatoms. The van der Waals surface area contributed by atoms with Crippen molar-refractivity contribution in [3.8, 4) is 5.75 Å². The number of sulfonamides is 1. The second-order valence-electron chi connectivity index (χ2n) is 8.42. The van der Waals surface area contributed by atoms with Gasteiger partial charge >= 0.3 is 0 Å². The maximum absolute atomic E-state index is 13.1. The summed E-state index contributed by atoms with van der Waals surface area (Å²) in [6, 6.07) is 4.93. The Morgan fingerprint density at radius 2 is 1.97 bits per heavy atom. The molecule has 2 heterocycles. The number of anilines is 2. The lowest BCUT2D eigenvalue weighted by Crippen LogP contribution is -2.43. The molecule has 0 aliphatic carbocycles. The van der Waals surface area contributed by atoms with Gasteiger partial charge in [0.15, 0.2) is 10.7 Å². The van der Waals surface area contributed by atoms with Crippen LogP contribution in [0.4, 0.5) is 11.4 Å². The summed E-state index contributed by atoms with van der Waals surface area (Å²) in [5, 5.41) is 3.71. The molecule has 29 heavy (non-hydrogen) atoms. The predicted octanol–water partition coefficient (Wildman–Crippen LogP) is 3.50. The summed E-state index contributed by atoms with van der Waals surface area (Å²) >= 11 is 0. The highest BCUT2D eigenvalue weighted by Crippen LogP contribution is 2.39. The maximum Gasteiger partial charge on any atom is 0.267 e. The first-order valence-corrected chi connectivity index (χ1v) is 10.9. The first-order chi connectivity index (χ1) is 13.4. The van der Waals surface area contributed by atoms with Gasteiger partial charge < -0.3 is 14.2 Å². The van der Waals surface area contributed by atoms with E-state index in [0.29, 0.717) is 23.7 Å². The first-order valence-electron chi connectivity index (χ1n) is 9.47. The molecule has 1 aliphatic heterocycles. The van der Waals surface area contributed by atoms with Crippen LogP contribution in [0, 0.1) is 25.2 Å². The smallest absolute Gasteiger partial charge is 0.267 e. The van der Waals surface area contributed by atoms with Gasteiger partial charge in [-0.3, -0.25) is 9.52 Å². The van der Waals surface area contributed by atoms with Crippen molar-refractivity contribution in [2.45, 2.75) is 46.4 Å². The van der Waals surface area contributed by atoms with Crippen molar-refractivity contribution in [2.75, 3.05) is 22.8 Å². The van der Waals surface area contributed by atoms with E-state index in [4.69, 9.17) is 9.26 Å². The Bertz CT molecular complexity index is 1020. The van der Waals surface area contributed by atoms with Crippen molar-refractivity contribution in [2.24, 2.45) is 11.3 Å². The molecule has 0 saturated heterocycles. The molecule has 1 amide bonds. The second-order valence-corrected chi connectivity index (χ2v) is 10.0. The zero-order valence-corrected chi connectivity index (χ0v) is 18.4. The van der Waals surface area contributed by atoms with Gasteiger partial charge in [-0.2, -0.15) is 0 Å². The van der Waals surface area contributed by atoms with Gasteiger partial charge in [0, 0.05) is 6.54 Å². The largest absolute Gasteiger partial charge is 0.490 e. The third-order valence-electron chi connectivity index (χ3n) is 4.70. The summed E-state index contributed by atoms with van der Waals surface area (Å²) in [5.74, 6) is 0.926. The van der Waals surface area contributed by atoms with Crippen molar-refractivity contribution in [1.29, 1.82) is 0 Å². The maximum atomic E-state index is 13.1.